The molecule has 1 saturated carbocycles. The molecule has 1 heterocycles. The number of aromatic amines is 1. The maximum Gasteiger partial charge on any atom is 0.309 e. The Hall–Kier alpha value is -2.87. The third-order valence-corrected chi connectivity index (χ3v) is 8.02. The molecule has 0 radical (unpaired) electrons. The number of hydrogen-bond acceptors (Lipinski definition) is 4. The maximum atomic E-state index is 15.6. The van der Waals surface area contributed by atoms with E-state index in [1.165, 1.54) is 12.1 Å². The predicted octanol–water partition coefficient (Wildman–Crippen LogP) is 6.58. The summed E-state index contributed by atoms with van der Waals surface area (Å²) in [6, 6.07) is 11.5. The first kappa shape index (κ1) is 26.7. The number of aromatic nitrogens is 2. The van der Waals surface area contributed by atoms with E-state index >= 15 is 8.78 Å². The fraction of sp³-hybridized carbons (Fsp3) is 0.533. The zero-order valence-corrected chi connectivity index (χ0v) is 22.3. The number of aryl methyl sites for hydroxylation is 1. The number of hydrogen-bond donors (Lipinski definition) is 1. The van der Waals surface area contributed by atoms with E-state index in [9.17, 15) is 9.18 Å². The average molecular weight is 528 g/mol. The van der Waals surface area contributed by atoms with Crippen molar-refractivity contribution in [2.75, 3.05) is 20.1 Å². The Morgan fingerprint density at radius 3 is 2.66 bits per heavy atom. The van der Waals surface area contributed by atoms with Crippen LogP contribution in [0.15, 0.2) is 42.5 Å². The number of halogens is 3. The molecule has 2 aliphatic carbocycles. The molecule has 5 rings (SSSR count). The van der Waals surface area contributed by atoms with E-state index in [2.05, 4.69) is 14.9 Å². The Bertz CT molecular complexity index is 1270. The van der Waals surface area contributed by atoms with Crippen LogP contribution in [0, 0.1) is 17.7 Å². The summed E-state index contributed by atoms with van der Waals surface area (Å²) in [6.07, 6.45) is 2.73. The molecule has 0 amide bonds. The molecule has 3 aromatic rings. The molecule has 0 spiro atoms. The van der Waals surface area contributed by atoms with Crippen molar-refractivity contribution >= 4 is 17.0 Å². The van der Waals surface area contributed by atoms with Gasteiger partial charge in [-0.2, -0.15) is 0 Å². The second-order valence-electron chi connectivity index (χ2n) is 11.5. The molecular weight excluding hydrogens is 491 g/mol. The predicted molar refractivity (Wildman–Crippen MR) is 141 cm³/mol. The molecule has 0 unspecified atom stereocenters. The molecule has 2 aromatic carbocycles. The van der Waals surface area contributed by atoms with Gasteiger partial charge < -0.3 is 14.6 Å². The largest absolute Gasteiger partial charge is 0.458 e. The molecule has 1 fully saturated rings. The minimum absolute atomic E-state index is 0.0827. The summed E-state index contributed by atoms with van der Waals surface area (Å²) in [4.78, 5) is 23.0. The van der Waals surface area contributed by atoms with E-state index in [-0.39, 0.29) is 29.8 Å². The van der Waals surface area contributed by atoms with Crippen LogP contribution in [0.1, 0.15) is 68.8 Å². The third-order valence-electron chi connectivity index (χ3n) is 8.02. The van der Waals surface area contributed by atoms with Crippen molar-refractivity contribution in [2.24, 2.45) is 11.8 Å². The first-order chi connectivity index (χ1) is 18.1. The second kappa shape index (κ2) is 10.4. The van der Waals surface area contributed by atoms with Gasteiger partial charge in [0.25, 0.3) is 5.92 Å². The molecule has 1 aromatic heterocycles. The van der Waals surface area contributed by atoms with Crippen LogP contribution in [0.4, 0.5) is 13.2 Å². The lowest BCUT2D eigenvalue weighted by Gasteiger charge is -2.49. The van der Waals surface area contributed by atoms with E-state index in [4.69, 9.17) is 4.74 Å². The lowest BCUT2D eigenvalue weighted by Crippen LogP contribution is -2.52. The van der Waals surface area contributed by atoms with Gasteiger partial charge in [0, 0.05) is 30.9 Å². The van der Waals surface area contributed by atoms with Crippen molar-refractivity contribution in [1.82, 2.24) is 14.9 Å². The second-order valence-corrected chi connectivity index (χ2v) is 11.5. The molecule has 2 atom stereocenters. The van der Waals surface area contributed by atoms with Crippen molar-refractivity contribution in [1.29, 1.82) is 0 Å². The van der Waals surface area contributed by atoms with Crippen LogP contribution in [0.2, 0.25) is 0 Å². The quantitative estimate of drug-likeness (QED) is 0.303. The number of ether oxygens (including phenoxy) is 1. The number of H-pyrrole nitrogens is 1. The highest BCUT2D eigenvalue weighted by atomic mass is 19.3. The number of benzene rings is 2. The van der Waals surface area contributed by atoms with Crippen molar-refractivity contribution < 1.29 is 22.7 Å². The van der Waals surface area contributed by atoms with E-state index in [0.29, 0.717) is 12.1 Å². The fourth-order valence-corrected chi connectivity index (χ4v) is 6.08. The third kappa shape index (κ3) is 5.46. The van der Waals surface area contributed by atoms with Crippen molar-refractivity contribution in [3.8, 4) is 0 Å². The normalized spacial score (nSPS) is 22.7. The average Bonchev–Trinajstić information content (AvgIpc) is 3.63. The van der Waals surface area contributed by atoms with E-state index in [1.54, 1.807) is 0 Å². The molecule has 0 bridgehead atoms. The van der Waals surface area contributed by atoms with Gasteiger partial charge in [0.2, 0.25) is 0 Å². The Labute approximate surface area is 221 Å². The van der Waals surface area contributed by atoms with Crippen LogP contribution in [-0.2, 0) is 21.9 Å². The van der Waals surface area contributed by atoms with Gasteiger partial charge in [0.05, 0.1) is 23.4 Å². The smallest absolute Gasteiger partial charge is 0.309 e. The van der Waals surface area contributed by atoms with Crippen LogP contribution in [-0.4, -0.2) is 46.6 Å². The van der Waals surface area contributed by atoms with Gasteiger partial charge in [-0.3, -0.25) is 4.79 Å². The molecule has 5 nitrogen and oxygen atoms in total. The highest BCUT2D eigenvalue weighted by Crippen LogP contribution is 2.56. The Morgan fingerprint density at radius 1 is 1.18 bits per heavy atom. The van der Waals surface area contributed by atoms with Crippen LogP contribution >= 0.6 is 0 Å². The van der Waals surface area contributed by atoms with Crippen LogP contribution < -0.4 is 0 Å². The van der Waals surface area contributed by atoms with Gasteiger partial charge in [0.1, 0.15) is 17.2 Å². The summed E-state index contributed by atoms with van der Waals surface area (Å²) in [5.74, 6) is -4.19. The number of alkyl halides is 2. The van der Waals surface area contributed by atoms with Crippen molar-refractivity contribution in [3.63, 3.8) is 0 Å². The summed E-state index contributed by atoms with van der Waals surface area (Å²) in [7, 11) is 1.96. The molecule has 38 heavy (non-hydrogen) atoms. The number of rotatable bonds is 10. The number of carbonyl (C=O) groups excluding carboxylic acids is 1. The highest BCUT2D eigenvalue weighted by molar-refractivity contribution is 5.76. The van der Waals surface area contributed by atoms with Gasteiger partial charge in [-0.15, -0.1) is 0 Å². The molecule has 0 saturated heterocycles. The molecule has 204 valence electrons. The molecule has 1 N–H and O–H groups in total. The van der Waals surface area contributed by atoms with Gasteiger partial charge in [-0.25, -0.2) is 18.2 Å². The summed E-state index contributed by atoms with van der Waals surface area (Å²) in [5, 5.41) is 0. The van der Waals surface area contributed by atoms with Gasteiger partial charge in [0.15, 0.2) is 0 Å². The fourth-order valence-electron chi connectivity index (χ4n) is 6.08. The van der Waals surface area contributed by atoms with Crippen LogP contribution in [0.25, 0.3) is 11.0 Å². The number of esters is 1. The number of para-hydroxylation sites is 2. The summed E-state index contributed by atoms with van der Waals surface area (Å²) >= 11 is 0. The monoisotopic (exact) mass is 527 g/mol. The standard InChI is InChI=1S/C30H36F3N3O2/c1-19(2)27-22-13-12-21(31)17-23(22)30(32,33)18-29(27,38-28(37)20-10-11-20)14-16-36(3)15-6-9-26-34-24-7-4-5-8-25(24)35-26/h4-5,7-8,12-13,17,19-20,27H,6,9-11,14-16,18H2,1-3H3,(H,34,35)/t27-,29+/m0/s1. The summed E-state index contributed by atoms with van der Waals surface area (Å²) < 4.78 is 51.3. The zero-order valence-electron chi connectivity index (χ0n) is 22.3. The number of carbonyl (C=O) groups is 1. The number of imidazole rings is 1. The maximum absolute atomic E-state index is 15.6. The SMILES string of the molecule is CC(C)[C@H]1c2ccc(F)cc2C(F)(F)C[C@@]1(CCN(C)CCCc1nc2ccccc2[nH]1)OC(=O)C1CC1. The first-order valence-electron chi connectivity index (χ1n) is 13.6. The van der Waals surface area contributed by atoms with Crippen molar-refractivity contribution in [3.05, 3.63) is 65.2 Å². The minimum atomic E-state index is -3.30. The highest BCUT2D eigenvalue weighted by Gasteiger charge is 2.58. The molecular formula is C30H36F3N3O2. The zero-order chi connectivity index (χ0) is 27.1. The summed E-state index contributed by atoms with van der Waals surface area (Å²) in [5.41, 5.74) is 0.680. The number of fused-ring (bicyclic) bond motifs is 2. The molecule has 2 aliphatic rings. The van der Waals surface area contributed by atoms with Gasteiger partial charge in [-0.05, 0) is 68.6 Å². The van der Waals surface area contributed by atoms with Crippen molar-refractivity contribution in [2.45, 2.75) is 69.8 Å². The Kier molecular flexibility index (Phi) is 7.29. The first-order valence-corrected chi connectivity index (χ1v) is 13.6. The van der Waals surface area contributed by atoms with Crippen LogP contribution in [0.3, 0.4) is 0 Å². The topological polar surface area (TPSA) is 58.2 Å². The lowest BCUT2D eigenvalue weighted by atomic mass is 9.64. The lowest BCUT2D eigenvalue weighted by molar-refractivity contribution is -0.186. The van der Waals surface area contributed by atoms with E-state index in [0.717, 1.165) is 55.2 Å². The van der Waals surface area contributed by atoms with Crippen LogP contribution in [0.5, 0.6) is 0 Å². The van der Waals surface area contributed by atoms with Gasteiger partial charge in [-0.1, -0.05) is 32.0 Å². The van der Waals surface area contributed by atoms with E-state index in [1.807, 2.05) is 45.2 Å². The Balaban J connectivity index is 1.33. The molecule has 0 aliphatic heterocycles. The number of nitrogens with one attached hydrogen (secondary N) is 1. The summed E-state index contributed by atoms with van der Waals surface area (Å²) in [6.45, 7) is 5.15. The minimum Gasteiger partial charge on any atom is -0.458 e. The van der Waals surface area contributed by atoms with E-state index < -0.39 is 29.7 Å². The molecule has 8 heteroatoms. The number of nitrogens with zero attached hydrogens (tertiary/aromatic N) is 2. The Morgan fingerprint density at radius 2 is 1.95 bits per heavy atom. The van der Waals surface area contributed by atoms with Gasteiger partial charge >= 0.3 is 5.97 Å².